The van der Waals surface area contributed by atoms with Crippen molar-refractivity contribution in [2.24, 2.45) is 0 Å². The average Bonchev–Trinajstić information content (AvgIpc) is 3.14. The molecule has 1 heterocycles. The van der Waals surface area contributed by atoms with Gasteiger partial charge in [0, 0.05) is 23.2 Å². The van der Waals surface area contributed by atoms with Gasteiger partial charge in [0.2, 0.25) is 10.0 Å². The summed E-state index contributed by atoms with van der Waals surface area (Å²) in [4.78, 5) is 13.1. The summed E-state index contributed by atoms with van der Waals surface area (Å²) in [6.45, 7) is -0.191. The van der Waals surface area contributed by atoms with Gasteiger partial charge in [0.1, 0.15) is 11.6 Å². The Morgan fingerprint density at radius 1 is 0.969 bits per heavy atom. The largest absolute Gasteiger partial charge is 0.383 e. The number of rotatable bonds is 6. The Morgan fingerprint density at radius 2 is 1.62 bits per heavy atom. The van der Waals surface area contributed by atoms with E-state index < -0.39 is 21.7 Å². The second-order valence-corrected chi connectivity index (χ2v) is 8.71. The zero-order chi connectivity index (χ0) is 22.7. The third-order valence-electron chi connectivity index (χ3n) is 4.83. The van der Waals surface area contributed by atoms with E-state index in [0.29, 0.717) is 16.8 Å². The highest BCUT2D eigenvalue weighted by Crippen LogP contribution is 2.28. The van der Waals surface area contributed by atoms with Crippen LogP contribution in [0.3, 0.4) is 0 Å². The van der Waals surface area contributed by atoms with Crippen molar-refractivity contribution in [1.29, 1.82) is 0 Å². The molecule has 0 aliphatic rings. The molecule has 0 amide bonds. The Bertz CT molecular complexity index is 1370. The monoisotopic (exact) mass is 450 g/mol. The Kier molecular flexibility index (Phi) is 5.85. The van der Waals surface area contributed by atoms with E-state index in [1.807, 2.05) is 6.07 Å². The second-order valence-electron chi connectivity index (χ2n) is 6.94. The number of hydrogen-bond acceptors (Lipinski definition) is 5. The van der Waals surface area contributed by atoms with Crippen LogP contribution in [0.1, 0.15) is 15.9 Å². The maximum Gasteiger partial charge on any atom is 0.280 e. The first kappa shape index (κ1) is 21.4. The van der Waals surface area contributed by atoms with Gasteiger partial charge in [-0.25, -0.2) is 17.5 Å². The number of nitrogens with one attached hydrogen (secondary N) is 1. The van der Waals surface area contributed by atoms with Crippen molar-refractivity contribution in [3.8, 4) is 11.3 Å². The van der Waals surface area contributed by atoms with Crippen LogP contribution in [0.4, 0.5) is 10.2 Å². The van der Waals surface area contributed by atoms with Crippen LogP contribution >= 0.6 is 0 Å². The lowest BCUT2D eigenvalue weighted by Gasteiger charge is -2.08. The molecular weight excluding hydrogens is 431 g/mol. The number of aromatic nitrogens is 2. The lowest BCUT2D eigenvalue weighted by Crippen LogP contribution is -2.24. The molecule has 162 valence electrons. The van der Waals surface area contributed by atoms with Crippen LogP contribution in [-0.4, -0.2) is 24.1 Å². The number of benzene rings is 3. The highest BCUT2D eigenvalue weighted by Gasteiger charge is 2.24. The molecule has 0 bridgehead atoms. The van der Waals surface area contributed by atoms with E-state index in [9.17, 15) is 17.6 Å². The summed E-state index contributed by atoms with van der Waals surface area (Å²) in [7, 11) is -3.82. The summed E-state index contributed by atoms with van der Waals surface area (Å²) in [5, 5.41) is 4.34. The molecule has 0 saturated heterocycles. The molecule has 0 fully saturated rings. The molecule has 3 N–H and O–H groups in total. The fraction of sp³-hybridized carbons (Fsp3) is 0.0435. The Hall–Kier alpha value is -3.82. The van der Waals surface area contributed by atoms with E-state index in [1.165, 1.54) is 30.3 Å². The van der Waals surface area contributed by atoms with Gasteiger partial charge in [0.25, 0.3) is 5.91 Å². The third-order valence-corrected chi connectivity index (χ3v) is 6.24. The van der Waals surface area contributed by atoms with E-state index >= 15 is 0 Å². The van der Waals surface area contributed by atoms with E-state index in [1.54, 1.807) is 42.5 Å². The zero-order valence-corrected chi connectivity index (χ0v) is 17.6. The SMILES string of the molecule is Nc1c(CNS(=O)(=O)c2ccccc2)c(-c2ccccc2)nn1C(=O)c1cccc(F)c1. The Morgan fingerprint density at radius 3 is 2.28 bits per heavy atom. The van der Waals surface area contributed by atoms with Crippen molar-refractivity contribution in [2.75, 3.05) is 5.73 Å². The zero-order valence-electron chi connectivity index (χ0n) is 16.8. The normalized spacial score (nSPS) is 11.4. The van der Waals surface area contributed by atoms with Crippen molar-refractivity contribution in [3.05, 3.63) is 102 Å². The fourth-order valence-electron chi connectivity index (χ4n) is 3.21. The number of nitrogens with zero attached hydrogens (tertiary/aromatic N) is 2. The number of halogens is 1. The maximum absolute atomic E-state index is 13.6. The number of carbonyl (C=O) groups is 1. The van der Waals surface area contributed by atoms with E-state index in [4.69, 9.17) is 5.73 Å². The minimum absolute atomic E-state index is 0.0334. The van der Waals surface area contributed by atoms with Crippen molar-refractivity contribution in [3.63, 3.8) is 0 Å². The molecule has 7 nitrogen and oxygen atoms in total. The van der Waals surface area contributed by atoms with Gasteiger partial charge in [0.15, 0.2) is 0 Å². The lowest BCUT2D eigenvalue weighted by molar-refractivity contribution is 0.0947. The highest BCUT2D eigenvalue weighted by molar-refractivity contribution is 7.89. The minimum Gasteiger partial charge on any atom is -0.383 e. The first-order valence-corrected chi connectivity index (χ1v) is 11.1. The number of hydrogen-bond donors (Lipinski definition) is 2. The number of nitrogen functional groups attached to an aromatic ring is 1. The van der Waals surface area contributed by atoms with Crippen LogP contribution in [0.5, 0.6) is 0 Å². The molecule has 0 aliphatic heterocycles. The minimum atomic E-state index is -3.82. The predicted molar refractivity (Wildman–Crippen MR) is 119 cm³/mol. The number of nitrogens with two attached hydrogens (primary N) is 1. The molecule has 4 aromatic rings. The molecule has 0 spiro atoms. The topological polar surface area (TPSA) is 107 Å². The second kappa shape index (κ2) is 8.74. The van der Waals surface area contributed by atoms with Gasteiger partial charge in [0.05, 0.1) is 10.6 Å². The van der Waals surface area contributed by atoms with Crippen LogP contribution in [0.2, 0.25) is 0 Å². The summed E-state index contributed by atoms with van der Waals surface area (Å²) in [5.74, 6) is -1.23. The van der Waals surface area contributed by atoms with Crippen molar-refractivity contribution in [1.82, 2.24) is 14.5 Å². The van der Waals surface area contributed by atoms with Crippen LogP contribution in [0.15, 0.2) is 89.8 Å². The van der Waals surface area contributed by atoms with Crippen molar-refractivity contribution < 1.29 is 17.6 Å². The van der Waals surface area contributed by atoms with Gasteiger partial charge in [-0.1, -0.05) is 54.6 Å². The standard InChI is InChI=1S/C23H19FN4O3S/c24-18-11-7-10-17(14-18)23(29)28-22(25)20(21(27-28)16-8-3-1-4-9-16)15-26-32(30,31)19-12-5-2-6-13-19/h1-14,26H,15,25H2. The molecule has 4 rings (SSSR count). The Labute approximate surface area is 184 Å². The highest BCUT2D eigenvalue weighted by atomic mass is 32.2. The number of carbonyl (C=O) groups excluding carboxylic acids is 1. The summed E-state index contributed by atoms with van der Waals surface area (Å²) in [5.41, 5.74) is 7.64. The summed E-state index contributed by atoms with van der Waals surface area (Å²) in [6, 6.07) is 22.0. The molecule has 32 heavy (non-hydrogen) atoms. The van der Waals surface area contributed by atoms with Crippen molar-refractivity contribution >= 4 is 21.7 Å². The number of sulfonamides is 1. The lowest BCUT2D eigenvalue weighted by atomic mass is 10.1. The van der Waals surface area contributed by atoms with Gasteiger partial charge in [-0.2, -0.15) is 9.78 Å². The van der Waals surface area contributed by atoms with Gasteiger partial charge in [-0.3, -0.25) is 4.79 Å². The Balaban J connectivity index is 1.75. The quantitative estimate of drug-likeness (QED) is 0.468. The van der Waals surface area contributed by atoms with Gasteiger partial charge in [-0.15, -0.1) is 0 Å². The van der Waals surface area contributed by atoms with Crippen LogP contribution in [0.25, 0.3) is 11.3 Å². The molecular formula is C23H19FN4O3S. The van der Waals surface area contributed by atoms with Gasteiger partial charge >= 0.3 is 0 Å². The van der Waals surface area contributed by atoms with E-state index in [2.05, 4.69) is 9.82 Å². The summed E-state index contributed by atoms with van der Waals surface area (Å²) in [6.07, 6.45) is 0. The fourth-order valence-corrected chi connectivity index (χ4v) is 4.23. The smallest absolute Gasteiger partial charge is 0.280 e. The summed E-state index contributed by atoms with van der Waals surface area (Å²) < 4.78 is 42.4. The van der Waals surface area contributed by atoms with Crippen molar-refractivity contribution in [2.45, 2.75) is 11.4 Å². The van der Waals surface area contributed by atoms with Crippen LogP contribution in [0, 0.1) is 5.82 Å². The molecule has 0 saturated carbocycles. The number of anilines is 1. The molecule has 0 radical (unpaired) electrons. The first-order valence-electron chi connectivity index (χ1n) is 9.64. The molecule has 0 aliphatic carbocycles. The van der Waals surface area contributed by atoms with Crippen LogP contribution < -0.4 is 10.5 Å². The molecule has 0 unspecified atom stereocenters. The maximum atomic E-state index is 13.6. The summed E-state index contributed by atoms with van der Waals surface area (Å²) >= 11 is 0. The predicted octanol–water partition coefficient (Wildman–Crippen LogP) is 3.44. The third kappa shape index (κ3) is 4.29. The van der Waals surface area contributed by atoms with Gasteiger partial charge < -0.3 is 5.73 Å². The molecule has 1 aromatic heterocycles. The average molecular weight is 450 g/mol. The molecule has 0 atom stereocenters. The van der Waals surface area contributed by atoms with E-state index in [-0.39, 0.29) is 22.8 Å². The van der Waals surface area contributed by atoms with Gasteiger partial charge in [-0.05, 0) is 30.3 Å². The van der Waals surface area contributed by atoms with E-state index in [0.717, 1.165) is 10.7 Å². The first-order chi connectivity index (χ1) is 15.4. The molecule has 9 heteroatoms. The molecule has 3 aromatic carbocycles. The van der Waals surface area contributed by atoms with Crippen LogP contribution in [-0.2, 0) is 16.6 Å².